The number of rotatable bonds is 8. The quantitative estimate of drug-likeness (QED) is 0.198. The van der Waals surface area contributed by atoms with E-state index in [1.54, 1.807) is 0 Å². The summed E-state index contributed by atoms with van der Waals surface area (Å²) in [7, 11) is 0. The smallest absolute Gasteiger partial charge is 0.138 e. The van der Waals surface area contributed by atoms with Gasteiger partial charge in [0.05, 0.1) is 0 Å². The number of fused-ring (bicyclic) bond motifs is 2. The van der Waals surface area contributed by atoms with Crippen LogP contribution in [0.4, 0.5) is 11.4 Å². The van der Waals surface area contributed by atoms with Gasteiger partial charge in [-0.2, -0.15) is 0 Å². The number of nitrogens with zero attached hydrogens (tertiary/aromatic N) is 1. The van der Waals surface area contributed by atoms with E-state index in [0.29, 0.717) is 11.1 Å². The molecule has 0 spiro atoms. The van der Waals surface area contributed by atoms with Gasteiger partial charge in [0.25, 0.3) is 0 Å². The second-order valence-corrected chi connectivity index (χ2v) is 9.56. The molecule has 0 N–H and O–H groups in total. The predicted octanol–water partition coefficient (Wildman–Crippen LogP) is 8.91. The molecule has 6 aromatic rings. The number of quaternary nitrogens is 1. The molecule has 2 nitrogen and oxygen atoms in total. The normalized spacial score (nSPS) is 11.6. The molecule has 2 heteroatoms. The number of benzene rings is 6. The summed E-state index contributed by atoms with van der Waals surface area (Å²) in [6.45, 7) is 2.21. The molecule has 6 rings (SSSR count). The zero-order valence-electron chi connectivity index (χ0n) is 20.8. The SMILES string of the molecule is c1ccc(C[N+](CCOc2ccccc2)(c2ccc3ccccc3c2)c2ccc3ccccc3c2)cc1. The Labute approximate surface area is 218 Å². The molecule has 0 fully saturated rings. The second kappa shape index (κ2) is 10.3. The van der Waals surface area contributed by atoms with Crippen LogP contribution in [0.1, 0.15) is 5.56 Å². The third kappa shape index (κ3) is 4.84. The van der Waals surface area contributed by atoms with Crippen molar-refractivity contribution in [3.63, 3.8) is 0 Å². The van der Waals surface area contributed by atoms with E-state index in [9.17, 15) is 0 Å². The Balaban J connectivity index is 1.52. The molecule has 0 radical (unpaired) electrons. The summed E-state index contributed by atoms with van der Waals surface area (Å²) in [5.74, 6) is 0.900. The third-order valence-electron chi connectivity index (χ3n) is 7.23. The van der Waals surface area contributed by atoms with Crippen molar-refractivity contribution in [1.29, 1.82) is 0 Å². The Bertz CT molecular complexity index is 1550. The van der Waals surface area contributed by atoms with Crippen LogP contribution in [0.15, 0.2) is 146 Å². The van der Waals surface area contributed by atoms with Gasteiger partial charge < -0.3 is 4.74 Å². The molecule has 0 heterocycles. The first-order valence-corrected chi connectivity index (χ1v) is 12.9. The minimum absolute atomic E-state index is 0.594. The van der Waals surface area contributed by atoms with Crippen LogP contribution in [0.3, 0.4) is 0 Å². The maximum atomic E-state index is 6.30. The molecule has 37 heavy (non-hydrogen) atoms. The molecular formula is C35H30NO+. The highest BCUT2D eigenvalue weighted by atomic mass is 16.5. The molecular weight excluding hydrogens is 450 g/mol. The van der Waals surface area contributed by atoms with E-state index in [4.69, 9.17) is 4.74 Å². The number of para-hydroxylation sites is 1. The lowest BCUT2D eigenvalue weighted by molar-refractivity contribution is 0.255. The van der Waals surface area contributed by atoms with Gasteiger partial charge in [-0.1, -0.05) is 97.1 Å². The molecule has 0 aliphatic heterocycles. The van der Waals surface area contributed by atoms with Gasteiger partial charge in [0, 0.05) is 29.8 Å². The van der Waals surface area contributed by atoms with E-state index in [1.165, 1.54) is 38.5 Å². The van der Waals surface area contributed by atoms with Crippen LogP contribution in [0.25, 0.3) is 21.5 Å². The van der Waals surface area contributed by atoms with Gasteiger partial charge in [-0.15, -0.1) is 0 Å². The zero-order chi connectivity index (χ0) is 24.9. The van der Waals surface area contributed by atoms with Crippen LogP contribution < -0.4 is 9.22 Å². The van der Waals surface area contributed by atoms with E-state index in [-0.39, 0.29) is 0 Å². The minimum atomic E-state index is 0.594. The van der Waals surface area contributed by atoms with Gasteiger partial charge in [0.2, 0.25) is 0 Å². The Hall–Kier alpha value is -4.40. The average Bonchev–Trinajstić information content (AvgIpc) is 2.97. The molecule has 0 bridgehead atoms. The van der Waals surface area contributed by atoms with Crippen LogP contribution >= 0.6 is 0 Å². The second-order valence-electron chi connectivity index (χ2n) is 9.56. The van der Waals surface area contributed by atoms with Crippen molar-refractivity contribution in [3.8, 4) is 5.75 Å². The molecule has 0 unspecified atom stereocenters. The van der Waals surface area contributed by atoms with E-state index in [2.05, 4.69) is 115 Å². The van der Waals surface area contributed by atoms with E-state index < -0.39 is 0 Å². The summed E-state index contributed by atoms with van der Waals surface area (Å²) >= 11 is 0. The molecule has 0 atom stereocenters. The van der Waals surface area contributed by atoms with Crippen LogP contribution in [-0.2, 0) is 6.54 Å². The van der Waals surface area contributed by atoms with Crippen molar-refractivity contribution >= 4 is 32.9 Å². The van der Waals surface area contributed by atoms with Crippen LogP contribution in [0.5, 0.6) is 5.75 Å². The van der Waals surface area contributed by atoms with Crippen molar-refractivity contribution in [2.45, 2.75) is 6.54 Å². The number of ether oxygens (including phenoxy) is 1. The van der Waals surface area contributed by atoms with E-state index in [0.717, 1.165) is 18.8 Å². The summed E-state index contributed by atoms with van der Waals surface area (Å²) in [4.78, 5) is 0. The van der Waals surface area contributed by atoms with E-state index >= 15 is 0 Å². The van der Waals surface area contributed by atoms with Gasteiger partial charge in [-0.05, 0) is 45.8 Å². The zero-order valence-corrected chi connectivity index (χ0v) is 20.8. The Kier molecular flexibility index (Phi) is 6.41. The molecule has 180 valence electrons. The molecule has 0 aromatic heterocycles. The summed E-state index contributed by atoms with van der Waals surface area (Å²) in [5, 5.41) is 5.01. The summed E-state index contributed by atoms with van der Waals surface area (Å²) in [5.41, 5.74) is 3.81. The molecule has 6 aromatic carbocycles. The largest absolute Gasteiger partial charge is 0.488 e. The first-order chi connectivity index (χ1) is 18.3. The van der Waals surface area contributed by atoms with Gasteiger partial charge in [-0.3, -0.25) is 4.48 Å². The standard InChI is InChI=1S/C35H30NO/c1-3-11-28(12-4-1)27-36(23-24-37-35-17-5-2-6-18-35,33-21-19-29-13-7-9-15-31(29)25-33)34-22-20-30-14-8-10-16-32(30)26-34/h1-22,25-26H,23-24,27H2/q+1. The lowest BCUT2D eigenvalue weighted by Gasteiger charge is -2.38. The third-order valence-corrected chi connectivity index (χ3v) is 7.23. The summed E-state index contributed by atoms with van der Waals surface area (Å²) < 4.78 is 6.96. The predicted molar refractivity (Wildman–Crippen MR) is 156 cm³/mol. The van der Waals surface area contributed by atoms with Crippen molar-refractivity contribution in [2.75, 3.05) is 13.2 Å². The fourth-order valence-electron chi connectivity index (χ4n) is 5.29. The number of hydrogen-bond donors (Lipinski definition) is 0. The Morgan fingerprint density at radius 1 is 0.459 bits per heavy atom. The Morgan fingerprint density at radius 2 is 0.946 bits per heavy atom. The minimum Gasteiger partial charge on any atom is -0.488 e. The molecule has 0 saturated heterocycles. The topological polar surface area (TPSA) is 9.23 Å². The Morgan fingerprint density at radius 3 is 1.51 bits per heavy atom. The molecule has 0 aliphatic rings. The average molecular weight is 481 g/mol. The molecule has 0 amide bonds. The summed E-state index contributed by atoms with van der Waals surface area (Å²) in [6, 6.07) is 51.9. The van der Waals surface area contributed by atoms with Gasteiger partial charge in [0.1, 0.15) is 36.8 Å². The van der Waals surface area contributed by atoms with Crippen molar-refractivity contribution in [3.05, 3.63) is 151 Å². The van der Waals surface area contributed by atoms with Gasteiger partial charge >= 0.3 is 0 Å². The van der Waals surface area contributed by atoms with Crippen molar-refractivity contribution in [2.24, 2.45) is 0 Å². The molecule has 0 aliphatic carbocycles. The first kappa shape index (κ1) is 23.0. The highest BCUT2D eigenvalue weighted by Crippen LogP contribution is 2.40. The van der Waals surface area contributed by atoms with Crippen molar-refractivity contribution < 1.29 is 4.74 Å². The van der Waals surface area contributed by atoms with Crippen LogP contribution in [0.2, 0.25) is 0 Å². The summed E-state index contributed by atoms with van der Waals surface area (Å²) in [6.07, 6.45) is 0. The monoisotopic (exact) mass is 480 g/mol. The lowest BCUT2D eigenvalue weighted by atomic mass is 10.0. The maximum Gasteiger partial charge on any atom is 0.138 e. The fraction of sp³-hybridized carbons (Fsp3) is 0.0857. The molecule has 0 saturated carbocycles. The van der Waals surface area contributed by atoms with Crippen LogP contribution in [-0.4, -0.2) is 13.2 Å². The van der Waals surface area contributed by atoms with E-state index in [1.807, 2.05) is 30.3 Å². The van der Waals surface area contributed by atoms with Crippen molar-refractivity contribution in [1.82, 2.24) is 4.48 Å². The highest BCUT2D eigenvalue weighted by Gasteiger charge is 2.34. The highest BCUT2D eigenvalue weighted by molar-refractivity contribution is 5.88. The van der Waals surface area contributed by atoms with Gasteiger partial charge in [-0.25, -0.2) is 0 Å². The maximum absolute atomic E-state index is 6.30. The van der Waals surface area contributed by atoms with Crippen LogP contribution in [0, 0.1) is 0 Å². The number of hydrogen-bond acceptors (Lipinski definition) is 1. The van der Waals surface area contributed by atoms with Gasteiger partial charge in [0.15, 0.2) is 0 Å². The fourth-order valence-corrected chi connectivity index (χ4v) is 5.29. The first-order valence-electron chi connectivity index (χ1n) is 12.9. The lowest BCUT2D eigenvalue weighted by Crippen LogP contribution is -2.46.